The molecule has 1 saturated carbocycles. The molecule has 2 atom stereocenters. The summed E-state index contributed by atoms with van der Waals surface area (Å²) < 4.78 is 44.2. The van der Waals surface area contributed by atoms with Crippen molar-refractivity contribution in [2.75, 3.05) is 0 Å². The zero-order valence-corrected chi connectivity index (χ0v) is 15.2. The highest BCUT2D eigenvalue weighted by molar-refractivity contribution is 5.44. The third-order valence-electron chi connectivity index (χ3n) is 5.46. The van der Waals surface area contributed by atoms with Gasteiger partial charge in [-0.3, -0.25) is 10.1 Å². The number of aryl methyl sites for hydroxylation is 1. The predicted octanol–water partition coefficient (Wildman–Crippen LogP) is 5.88. The van der Waals surface area contributed by atoms with Crippen molar-refractivity contribution in [2.45, 2.75) is 45.4 Å². The number of halogens is 3. The van der Waals surface area contributed by atoms with Gasteiger partial charge < -0.3 is 4.74 Å². The molecule has 1 aliphatic rings. The molecule has 144 valence electrons. The fourth-order valence-electron chi connectivity index (χ4n) is 3.63. The van der Waals surface area contributed by atoms with Crippen LogP contribution in [0.3, 0.4) is 0 Å². The summed E-state index contributed by atoms with van der Waals surface area (Å²) in [7, 11) is 0. The summed E-state index contributed by atoms with van der Waals surface area (Å²) >= 11 is 0. The number of benzene rings is 2. The van der Waals surface area contributed by atoms with Crippen molar-refractivity contribution in [3.63, 3.8) is 0 Å². The van der Waals surface area contributed by atoms with E-state index in [1.54, 1.807) is 19.1 Å². The summed E-state index contributed by atoms with van der Waals surface area (Å²) in [6.45, 7) is 5.69. The van der Waals surface area contributed by atoms with Crippen molar-refractivity contribution < 1.29 is 22.8 Å². The molecule has 0 amide bonds. The maximum Gasteiger partial charge on any atom is 0.416 e. The van der Waals surface area contributed by atoms with Crippen LogP contribution in [0, 0.1) is 22.5 Å². The number of nitrogens with zero attached hydrogens (tertiary/aromatic N) is 1. The Bertz CT molecular complexity index is 860. The third-order valence-corrected chi connectivity index (χ3v) is 5.46. The Hall–Kier alpha value is -2.57. The molecule has 0 N–H and O–H groups in total. The molecule has 1 fully saturated rings. The van der Waals surface area contributed by atoms with E-state index in [2.05, 4.69) is 0 Å². The van der Waals surface area contributed by atoms with Gasteiger partial charge in [-0.25, -0.2) is 0 Å². The Morgan fingerprint density at radius 2 is 1.78 bits per heavy atom. The van der Waals surface area contributed by atoms with E-state index in [1.807, 2.05) is 13.8 Å². The fourth-order valence-corrected chi connectivity index (χ4v) is 3.63. The highest BCUT2D eigenvalue weighted by Crippen LogP contribution is 2.54. The van der Waals surface area contributed by atoms with E-state index in [-0.39, 0.29) is 23.1 Å². The lowest BCUT2D eigenvalue weighted by Crippen LogP contribution is -2.50. The lowest BCUT2D eigenvalue weighted by atomic mass is 9.57. The molecule has 0 bridgehead atoms. The number of rotatable bonds is 4. The molecule has 2 aromatic carbocycles. The molecule has 1 aliphatic carbocycles. The minimum absolute atomic E-state index is 0.0397. The number of alkyl halides is 3. The molecular weight excluding hydrogens is 359 g/mol. The highest BCUT2D eigenvalue weighted by atomic mass is 19.4. The molecule has 0 saturated heterocycles. The van der Waals surface area contributed by atoms with Gasteiger partial charge in [0.1, 0.15) is 11.9 Å². The van der Waals surface area contributed by atoms with E-state index in [9.17, 15) is 23.3 Å². The van der Waals surface area contributed by atoms with E-state index in [0.717, 1.165) is 17.7 Å². The lowest BCUT2D eigenvalue weighted by Gasteiger charge is -2.51. The maximum atomic E-state index is 12.7. The standard InChI is InChI=1S/C20H20F3NO3/c1-12-10-15(8-9-17(12)24(25)26)27-18-11-16(19(18,2)3)13-4-6-14(7-5-13)20(21,22)23/h4-10,16,18H,11H2,1-3H3/t16-,18-/m0/s1. The average Bonchev–Trinajstić information content (AvgIpc) is 2.57. The van der Waals surface area contributed by atoms with Gasteiger partial charge in [0.2, 0.25) is 0 Å². The van der Waals surface area contributed by atoms with Gasteiger partial charge in [0, 0.05) is 17.0 Å². The van der Waals surface area contributed by atoms with Gasteiger partial charge in [0.15, 0.2) is 0 Å². The molecule has 2 aromatic rings. The number of ether oxygens (including phenoxy) is 1. The Morgan fingerprint density at radius 1 is 1.15 bits per heavy atom. The largest absolute Gasteiger partial charge is 0.490 e. The van der Waals surface area contributed by atoms with Crippen LogP contribution < -0.4 is 4.74 Å². The normalized spacial score (nSPS) is 21.4. The Kier molecular flexibility index (Phi) is 4.66. The molecule has 3 rings (SSSR count). The monoisotopic (exact) mass is 379 g/mol. The topological polar surface area (TPSA) is 52.4 Å². The minimum Gasteiger partial charge on any atom is -0.490 e. The molecule has 4 nitrogen and oxygen atoms in total. The lowest BCUT2D eigenvalue weighted by molar-refractivity contribution is -0.385. The Labute approximate surface area is 155 Å². The first-order chi connectivity index (χ1) is 12.5. The van der Waals surface area contributed by atoms with E-state index < -0.39 is 16.7 Å². The Balaban J connectivity index is 1.71. The molecule has 0 spiro atoms. The van der Waals surface area contributed by atoms with Crippen molar-refractivity contribution >= 4 is 5.69 Å². The van der Waals surface area contributed by atoms with Crippen LogP contribution in [-0.2, 0) is 6.18 Å². The van der Waals surface area contributed by atoms with Crippen molar-refractivity contribution in [1.29, 1.82) is 0 Å². The first kappa shape index (κ1) is 19.2. The second-order valence-corrected chi connectivity index (χ2v) is 7.54. The van der Waals surface area contributed by atoms with Crippen LogP contribution in [-0.4, -0.2) is 11.0 Å². The molecule has 27 heavy (non-hydrogen) atoms. The van der Waals surface area contributed by atoms with Crippen LogP contribution in [0.25, 0.3) is 0 Å². The van der Waals surface area contributed by atoms with Gasteiger partial charge in [-0.1, -0.05) is 26.0 Å². The van der Waals surface area contributed by atoms with Crippen molar-refractivity contribution in [2.24, 2.45) is 5.41 Å². The number of nitro groups is 1. The zero-order valence-electron chi connectivity index (χ0n) is 15.2. The molecule has 0 heterocycles. The second kappa shape index (κ2) is 6.55. The van der Waals surface area contributed by atoms with Crippen molar-refractivity contribution in [1.82, 2.24) is 0 Å². The summed E-state index contributed by atoms with van der Waals surface area (Å²) in [5, 5.41) is 10.9. The molecule has 0 aliphatic heterocycles. The van der Waals surface area contributed by atoms with Gasteiger partial charge in [0.05, 0.1) is 10.5 Å². The molecule has 7 heteroatoms. The highest BCUT2D eigenvalue weighted by Gasteiger charge is 2.50. The van der Waals surface area contributed by atoms with E-state index >= 15 is 0 Å². The molecule has 0 unspecified atom stereocenters. The fraction of sp³-hybridized carbons (Fsp3) is 0.400. The maximum absolute atomic E-state index is 12.7. The van der Waals surface area contributed by atoms with Gasteiger partial charge in [0.25, 0.3) is 5.69 Å². The zero-order chi connectivity index (χ0) is 20.0. The van der Waals surface area contributed by atoms with Gasteiger partial charge in [-0.2, -0.15) is 13.2 Å². The average molecular weight is 379 g/mol. The van der Waals surface area contributed by atoms with E-state index in [0.29, 0.717) is 17.7 Å². The van der Waals surface area contributed by atoms with Crippen LogP contribution in [0.5, 0.6) is 5.75 Å². The van der Waals surface area contributed by atoms with Crippen LogP contribution in [0.4, 0.5) is 18.9 Å². The summed E-state index contributed by atoms with van der Waals surface area (Å²) in [5.41, 5.74) is 0.493. The smallest absolute Gasteiger partial charge is 0.416 e. The Morgan fingerprint density at radius 3 is 2.26 bits per heavy atom. The first-order valence-corrected chi connectivity index (χ1v) is 8.59. The van der Waals surface area contributed by atoms with E-state index in [1.165, 1.54) is 18.2 Å². The SMILES string of the molecule is Cc1cc(O[C@H]2C[C@@H](c3ccc(C(F)(F)F)cc3)C2(C)C)ccc1[N+](=O)[O-]. The van der Waals surface area contributed by atoms with E-state index in [4.69, 9.17) is 4.74 Å². The quantitative estimate of drug-likeness (QED) is 0.492. The van der Waals surface area contributed by atoms with Gasteiger partial charge in [-0.15, -0.1) is 0 Å². The van der Waals surface area contributed by atoms with Crippen LogP contribution in [0.2, 0.25) is 0 Å². The first-order valence-electron chi connectivity index (χ1n) is 8.59. The number of hydrogen-bond acceptors (Lipinski definition) is 3. The minimum atomic E-state index is -4.34. The van der Waals surface area contributed by atoms with Crippen LogP contribution in [0.1, 0.15) is 42.9 Å². The second-order valence-electron chi connectivity index (χ2n) is 7.54. The summed E-state index contributed by atoms with van der Waals surface area (Å²) in [5.74, 6) is 0.644. The summed E-state index contributed by atoms with van der Waals surface area (Å²) in [4.78, 5) is 10.5. The number of nitro benzene ring substituents is 1. The van der Waals surface area contributed by atoms with Crippen LogP contribution >= 0.6 is 0 Å². The van der Waals surface area contributed by atoms with Gasteiger partial charge in [-0.05, 0) is 49.1 Å². The van der Waals surface area contributed by atoms with Crippen molar-refractivity contribution in [3.8, 4) is 5.75 Å². The molecule has 0 aromatic heterocycles. The molecule has 0 radical (unpaired) electrons. The van der Waals surface area contributed by atoms with Crippen molar-refractivity contribution in [3.05, 3.63) is 69.3 Å². The van der Waals surface area contributed by atoms with Gasteiger partial charge >= 0.3 is 6.18 Å². The number of hydrogen-bond donors (Lipinski definition) is 0. The third kappa shape index (κ3) is 3.63. The molecular formula is C20H20F3NO3. The summed E-state index contributed by atoms with van der Waals surface area (Å²) in [6, 6.07) is 9.91. The predicted molar refractivity (Wildman–Crippen MR) is 94.8 cm³/mol. The summed E-state index contributed by atoms with van der Waals surface area (Å²) in [6.07, 6.45) is -3.78. The van der Waals surface area contributed by atoms with Crippen LogP contribution in [0.15, 0.2) is 42.5 Å².